The summed E-state index contributed by atoms with van der Waals surface area (Å²) in [5.41, 5.74) is 7.93. The monoisotopic (exact) mass is 504 g/mol. The number of hydrogen-bond donors (Lipinski definition) is 0. The Morgan fingerprint density at radius 2 is 1.54 bits per heavy atom. The molecule has 0 saturated heterocycles. The molecule has 7 rings (SSSR count). The van der Waals surface area contributed by atoms with Crippen molar-refractivity contribution in [2.75, 3.05) is 9.80 Å². The van der Waals surface area contributed by atoms with Gasteiger partial charge in [-0.25, -0.2) is 4.57 Å². The first-order chi connectivity index (χ1) is 17.9. The third-order valence-corrected chi connectivity index (χ3v) is 9.25. The molecule has 4 nitrogen and oxygen atoms in total. The number of thiazole rings is 1. The van der Waals surface area contributed by atoms with Gasteiger partial charge < -0.3 is 9.32 Å². The van der Waals surface area contributed by atoms with E-state index in [9.17, 15) is 0 Å². The average molecular weight is 505 g/mol. The van der Waals surface area contributed by atoms with E-state index in [0.717, 1.165) is 11.2 Å². The molecule has 1 aliphatic heterocycles. The van der Waals surface area contributed by atoms with Gasteiger partial charge in [-0.3, -0.25) is 0 Å². The lowest BCUT2D eigenvalue weighted by Gasteiger charge is -2.41. The number of fused-ring (bicyclic) bond motifs is 5. The molecular formula is C32H30N3OS+. The Balaban J connectivity index is 1.46. The maximum Gasteiger partial charge on any atom is 0.343 e. The van der Waals surface area contributed by atoms with Crippen molar-refractivity contribution in [2.24, 2.45) is 7.05 Å². The third kappa shape index (κ3) is 3.04. The van der Waals surface area contributed by atoms with E-state index in [0.29, 0.717) is 0 Å². The van der Waals surface area contributed by atoms with Crippen molar-refractivity contribution in [3.63, 3.8) is 0 Å². The number of aryl methyl sites for hydroxylation is 2. The third-order valence-electron chi connectivity index (χ3n) is 8.03. The highest BCUT2D eigenvalue weighted by Gasteiger charge is 2.49. The van der Waals surface area contributed by atoms with E-state index < -0.39 is 0 Å². The molecule has 0 saturated carbocycles. The van der Waals surface area contributed by atoms with Gasteiger partial charge in [0.1, 0.15) is 16.7 Å². The van der Waals surface area contributed by atoms with Gasteiger partial charge in [0, 0.05) is 10.8 Å². The van der Waals surface area contributed by atoms with Gasteiger partial charge in [-0.05, 0) is 86.6 Å². The first-order valence-corrected chi connectivity index (χ1v) is 13.7. The second kappa shape index (κ2) is 7.83. The molecule has 0 bridgehead atoms. The number of hydrogen-bond acceptors (Lipinski definition) is 4. The topological polar surface area (TPSA) is 23.5 Å². The van der Waals surface area contributed by atoms with Gasteiger partial charge in [-0.2, -0.15) is 4.90 Å². The summed E-state index contributed by atoms with van der Waals surface area (Å²) in [4.78, 5) is 5.10. The summed E-state index contributed by atoms with van der Waals surface area (Å²) in [5.74, 6) is 0. The lowest BCUT2D eigenvalue weighted by molar-refractivity contribution is -0.627. The standard InChI is InChI=1S/C32H30N3OS/c1-20-18-19-27-29(22-12-6-10-16-26(22)36-27)30(20)32(3,4)35-21(2)34(23-13-7-8-14-24(23)35)31-33(5)25-15-9-11-17-28(25)37-31/h6-19,21H,1-5H3/q+1/t21-/m1/s1. The second-order valence-corrected chi connectivity index (χ2v) is 11.6. The van der Waals surface area contributed by atoms with Crippen LogP contribution in [0.2, 0.25) is 0 Å². The number of nitrogens with zero attached hydrogens (tertiary/aromatic N) is 3. The molecule has 184 valence electrons. The Kier molecular flexibility index (Phi) is 4.74. The fraction of sp³-hybridized carbons (Fsp3) is 0.219. The van der Waals surface area contributed by atoms with Crippen LogP contribution in [-0.2, 0) is 12.6 Å². The number of furan rings is 1. The van der Waals surface area contributed by atoms with E-state index in [-0.39, 0.29) is 11.7 Å². The van der Waals surface area contributed by atoms with Crippen LogP contribution in [0.25, 0.3) is 32.2 Å². The fourth-order valence-corrected chi connectivity index (χ4v) is 7.79. The second-order valence-electron chi connectivity index (χ2n) is 10.6. The van der Waals surface area contributed by atoms with E-state index in [1.165, 1.54) is 48.6 Å². The normalized spacial score (nSPS) is 15.9. The molecule has 2 aromatic heterocycles. The summed E-state index contributed by atoms with van der Waals surface area (Å²) in [6, 6.07) is 30.2. The van der Waals surface area contributed by atoms with Crippen molar-refractivity contribution < 1.29 is 8.98 Å². The van der Waals surface area contributed by atoms with Crippen LogP contribution in [0, 0.1) is 6.92 Å². The molecule has 1 aliphatic rings. The Morgan fingerprint density at radius 1 is 0.838 bits per heavy atom. The van der Waals surface area contributed by atoms with Crippen LogP contribution >= 0.6 is 11.3 Å². The zero-order valence-electron chi connectivity index (χ0n) is 21.8. The highest BCUT2D eigenvalue weighted by atomic mass is 32.1. The Bertz CT molecular complexity index is 1830. The average Bonchev–Trinajstić information content (AvgIpc) is 3.52. The molecule has 0 aliphatic carbocycles. The minimum atomic E-state index is -0.310. The minimum Gasteiger partial charge on any atom is -0.456 e. The lowest BCUT2D eigenvalue weighted by Crippen LogP contribution is -2.51. The van der Waals surface area contributed by atoms with Crippen LogP contribution in [0.1, 0.15) is 31.9 Å². The van der Waals surface area contributed by atoms with Gasteiger partial charge in [-0.15, -0.1) is 0 Å². The zero-order chi connectivity index (χ0) is 25.5. The summed E-state index contributed by atoms with van der Waals surface area (Å²) in [7, 11) is 2.18. The molecule has 37 heavy (non-hydrogen) atoms. The van der Waals surface area contributed by atoms with Gasteiger partial charge >= 0.3 is 5.13 Å². The van der Waals surface area contributed by atoms with E-state index >= 15 is 0 Å². The van der Waals surface area contributed by atoms with E-state index in [1.807, 2.05) is 17.4 Å². The molecule has 6 aromatic rings. The SMILES string of the molecule is Cc1ccc2oc3ccccc3c2c1C(C)(C)N1c2ccccc2N(c2sc3ccccc3[n+]2C)[C@H]1C. The largest absolute Gasteiger partial charge is 0.456 e. The van der Waals surface area contributed by atoms with Crippen LogP contribution in [0.15, 0.2) is 89.3 Å². The van der Waals surface area contributed by atoms with Gasteiger partial charge in [0.2, 0.25) is 0 Å². The van der Waals surface area contributed by atoms with Crippen LogP contribution in [0.4, 0.5) is 16.5 Å². The summed E-state index contributed by atoms with van der Waals surface area (Å²) >= 11 is 1.85. The molecule has 3 heterocycles. The van der Waals surface area contributed by atoms with Crippen LogP contribution in [-0.4, -0.2) is 6.17 Å². The van der Waals surface area contributed by atoms with Crippen molar-refractivity contribution in [2.45, 2.75) is 39.4 Å². The van der Waals surface area contributed by atoms with Gasteiger partial charge in [0.25, 0.3) is 0 Å². The summed E-state index contributed by atoms with van der Waals surface area (Å²) in [5, 5.41) is 3.64. The van der Waals surface area contributed by atoms with Crippen molar-refractivity contribution in [1.82, 2.24) is 0 Å². The predicted molar refractivity (Wildman–Crippen MR) is 155 cm³/mol. The lowest BCUT2D eigenvalue weighted by atomic mass is 9.84. The molecular weight excluding hydrogens is 474 g/mol. The fourth-order valence-electron chi connectivity index (χ4n) is 6.55. The van der Waals surface area contributed by atoms with Crippen molar-refractivity contribution in [1.29, 1.82) is 0 Å². The van der Waals surface area contributed by atoms with Gasteiger partial charge in [0.15, 0.2) is 11.9 Å². The van der Waals surface area contributed by atoms with Crippen molar-refractivity contribution in [3.8, 4) is 0 Å². The maximum absolute atomic E-state index is 6.31. The number of rotatable bonds is 3. The van der Waals surface area contributed by atoms with Crippen molar-refractivity contribution >= 4 is 60.0 Å². The molecule has 0 amide bonds. The quantitative estimate of drug-likeness (QED) is 0.227. The van der Waals surface area contributed by atoms with Gasteiger partial charge in [0.05, 0.1) is 23.0 Å². The highest BCUT2D eigenvalue weighted by Crippen LogP contribution is 2.52. The molecule has 0 radical (unpaired) electrons. The Morgan fingerprint density at radius 3 is 2.35 bits per heavy atom. The van der Waals surface area contributed by atoms with E-state index in [1.54, 1.807) is 0 Å². The summed E-state index contributed by atoms with van der Waals surface area (Å²) in [6.07, 6.45) is 0.111. The molecule has 0 unspecified atom stereocenters. The van der Waals surface area contributed by atoms with Crippen molar-refractivity contribution in [3.05, 3.63) is 96.1 Å². The Hall–Kier alpha value is -3.83. The molecule has 0 spiro atoms. The minimum absolute atomic E-state index is 0.111. The molecule has 1 atom stereocenters. The first-order valence-electron chi connectivity index (χ1n) is 12.8. The molecule has 0 fully saturated rings. The number of aromatic nitrogens is 1. The number of para-hydroxylation sites is 4. The summed E-state index contributed by atoms with van der Waals surface area (Å²) in [6.45, 7) is 9.28. The predicted octanol–water partition coefficient (Wildman–Crippen LogP) is 8.17. The highest BCUT2D eigenvalue weighted by molar-refractivity contribution is 7.21. The number of benzene rings is 4. The van der Waals surface area contributed by atoms with Crippen LogP contribution < -0.4 is 14.4 Å². The van der Waals surface area contributed by atoms with Gasteiger partial charge in [-0.1, -0.05) is 48.5 Å². The Labute approximate surface area is 221 Å². The molecule has 4 aromatic carbocycles. The van der Waals surface area contributed by atoms with Crippen LogP contribution in [0.5, 0.6) is 0 Å². The number of anilines is 3. The first kappa shape index (κ1) is 22.4. The zero-order valence-corrected chi connectivity index (χ0v) is 22.6. The van der Waals surface area contributed by atoms with E-state index in [4.69, 9.17) is 4.42 Å². The molecule has 0 N–H and O–H groups in total. The maximum atomic E-state index is 6.31. The molecule has 5 heteroatoms. The van der Waals surface area contributed by atoms with E-state index in [2.05, 4.69) is 128 Å². The smallest absolute Gasteiger partial charge is 0.343 e. The van der Waals surface area contributed by atoms with Crippen LogP contribution in [0.3, 0.4) is 0 Å². The summed E-state index contributed by atoms with van der Waals surface area (Å²) < 4.78 is 9.94.